The average Bonchev–Trinajstić information content (AvgIpc) is 2.41. The van der Waals surface area contributed by atoms with E-state index >= 15 is 0 Å². The Balaban J connectivity index is 1.87. The van der Waals surface area contributed by atoms with Crippen LogP contribution in [0.25, 0.3) is 10.9 Å². The van der Waals surface area contributed by atoms with Crippen molar-refractivity contribution in [3.63, 3.8) is 0 Å². The van der Waals surface area contributed by atoms with E-state index in [0.717, 1.165) is 35.9 Å². The van der Waals surface area contributed by atoms with Crippen molar-refractivity contribution in [2.75, 3.05) is 6.54 Å². The number of benzene rings is 1. The SMILES string of the molecule is Cc1cc(C(=O)NCC2(O)CCC2)c2ccccc2n1. The normalized spacial score (nSPS) is 16.7. The molecule has 4 heteroatoms. The van der Waals surface area contributed by atoms with E-state index in [9.17, 15) is 9.90 Å². The maximum atomic E-state index is 12.3. The Hall–Kier alpha value is -1.94. The van der Waals surface area contributed by atoms with E-state index in [1.54, 1.807) is 6.07 Å². The number of hydrogen-bond acceptors (Lipinski definition) is 3. The molecule has 1 heterocycles. The lowest BCUT2D eigenvalue weighted by atomic mass is 9.80. The van der Waals surface area contributed by atoms with Gasteiger partial charge in [-0.1, -0.05) is 18.2 Å². The van der Waals surface area contributed by atoms with E-state index < -0.39 is 5.60 Å². The smallest absolute Gasteiger partial charge is 0.252 e. The number of pyridine rings is 1. The Bertz CT molecular complexity index is 663. The van der Waals surface area contributed by atoms with Gasteiger partial charge in [0.25, 0.3) is 5.91 Å². The van der Waals surface area contributed by atoms with E-state index in [4.69, 9.17) is 0 Å². The lowest BCUT2D eigenvalue weighted by molar-refractivity contribution is -0.0300. The summed E-state index contributed by atoms with van der Waals surface area (Å²) in [6.45, 7) is 2.20. The number of aryl methyl sites for hydroxylation is 1. The van der Waals surface area contributed by atoms with Crippen molar-refractivity contribution in [2.24, 2.45) is 0 Å². The van der Waals surface area contributed by atoms with Crippen LogP contribution in [-0.4, -0.2) is 28.1 Å². The predicted octanol–water partition coefficient (Wildman–Crippen LogP) is 2.19. The van der Waals surface area contributed by atoms with Gasteiger partial charge in [-0.3, -0.25) is 9.78 Å². The van der Waals surface area contributed by atoms with Crippen molar-refractivity contribution >= 4 is 16.8 Å². The molecule has 0 atom stereocenters. The molecule has 3 rings (SSSR count). The van der Waals surface area contributed by atoms with E-state index in [0.29, 0.717) is 12.1 Å². The standard InChI is InChI=1S/C16H18N2O2/c1-11-9-13(12-5-2-3-6-14(12)18-11)15(19)17-10-16(20)7-4-8-16/h2-3,5-6,9,20H,4,7-8,10H2,1H3,(H,17,19). The lowest BCUT2D eigenvalue weighted by Crippen LogP contribution is -2.47. The molecule has 0 unspecified atom stereocenters. The number of amides is 1. The molecule has 1 aliphatic rings. The summed E-state index contributed by atoms with van der Waals surface area (Å²) >= 11 is 0. The molecule has 1 fully saturated rings. The van der Waals surface area contributed by atoms with Crippen molar-refractivity contribution in [3.8, 4) is 0 Å². The monoisotopic (exact) mass is 270 g/mol. The molecular formula is C16H18N2O2. The second kappa shape index (κ2) is 4.87. The van der Waals surface area contributed by atoms with E-state index in [1.165, 1.54) is 0 Å². The van der Waals surface area contributed by atoms with Crippen LogP contribution in [0.3, 0.4) is 0 Å². The summed E-state index contributed by atoms with van der Waals surface area (Å²) in [6.07, 6.45) is 2.57. The van der Waals surface area contributed by atoms with Crippen molar-refractivity contribution in [1.82, 2.24) is 10.3 Å². The van der Waals surface area contributed by atoms with Gasteiger partial charge >= 0.3 is 0 Å². The fourth-order valence-corrected chi connectivity index (χ4v) is 2.60. The molecule has 1 amide bonds. The van der Waals surface area contributed by atoms with Gasteiger partial charge in [-0.25, -0.2) is 0 Å². The number of nitrogens with zero attached hydrogens (tertiary/aromatic N) is 1. The summed E-state index contributed by atoms with van der Waals surface area (Å²) in [5.41, 5.74) is 1.56. The summed E-state index contributed by atoms with van der Waals surface area (Å²) in [4.78, 5) is 16.8. The molecule has 2 N–H and O–H groups in total. The molecule has 0 aliphatic heterocycles. The summed E-state index contributed by atoms with van der Waals surface area (Å²) in [6, 6.07) is 9.40. The molecule has 1 aromatic carbocycles. The molecule has 0 saturated heterocycles. The molecule has 1 saturated carbocycles. The first-order chi connectivity index (χ1) is 9.57. The summed E-state index contributed by atoms with van der Waals surface area (Å²) < 4.78 is 0. The van der Waals surface area contributed by atoms with Gasteiger partial charge in [0.2, 0.25) is 0 Å². The third-order valence-electron chi connectivity index (χ3n) is 3.95. The molecule has 104 valence electrons. The highest BCUT2D eigenvalue weighted by atomic mass is 16.3. The zero-order chi connectivity index (χ0) is 14.2. The van der Waals surface area contributed by atoms with Gasteiger partial charge in [0, 0.05) is 17.6 Å². The maximum Gasteiger partial charge on any atom is 0.252 e. The Morgan fingerprint density at radius 3 is 2.85 bits per heavy atom. The number of rotatable bonds is 3. The van der Waals surface area contributed by atoms with Gasteiger partial charge in [-0.2, -0.15) is 0 Å². The number of aliphatic hydroxyl groups is 1. The van der Waals surface area contributed by atoms with Crippen molar-refractivity contribution in [1.29, 1.82) is 0 Å². The minimum absolute atomic E-state index is 0.146. The Morgan fingerprint density at radius 2 is 2.15 bits per heavy atom. The fraction of sp³-hybridized carbons (Fsp3) is 0.375. The van der Waals surface area contributed by atoms with Crippen molar-refractivity contribution in [3.05, 3.63) is 41.6 Å². The van der Waals surface area contributed by atoms with Crippen LogP contribution in [0.15, 0.2) is 30.3 Å². The van der Waals surface area contributed by atoms with Crippen molar-refractivity contribution in [2.45, 2.75) is 31.8 Å². The van der Waals surface area contributed by atoms with Crippen LogP contribution in [0.4, 0.5) is 0 Å². The minimum Gasteiger partial charge on any atom is -0.388 e. The predicted molar refractivity (Wildman–Crippen MR) is 77.6 cm³/mol. The average molecular weight is 270 g/mol. The molecule has 20 heavy (non-hydrogen) atoms. The zero-order valence-electron chi connectivity index (χ0n) is 11.5. The maximum absolute atomic E-state index is 12.3. The molecule has 0 radical (unpaired) electrons. The molecule has 0 spiro atoms. The van der Waals surface area contributed by atoms with Crippen LogP contribution in [0, 0.1) is 6.92 Å². The Kier molecular flexibility index (Phi) is 3.18. The second-order valence-corrected chi connectivity index (χ2v) is 5.59. The fourth-order valence-electron chi connectivity index (χ4n) is 2.60. The van der Waals surface area contributed by atoms with Crippen LogP contribution in [-0.2, 0) is 0 Å². The number of aromatic nitrogens is 1. The van der Waals surface area contributed by atoms with Gasteiger partial charge in [0.15, 0.2) is 0 Å². The van der Waals surface area contributed by atoms with Crippen LogP contribution >= 0.6 is 0 Å². The van der Waals surface area contributed by atoms with Crippen LogP contribution < -0.4 is 5.32 Å². The van der Waals surface area contributed by atoms with Gasteiger partial charge in [0.05, 0.1) is 16.7 Å². The molecule has 1 aromatic heterocycles. The Morgan fingerprint density at radius 1 is 1.40 bits per heavy atom. The number of carbonyl (C=O) groups excluding carboxylic acids is 1. The summed E-state index contributed by atoms with van der Waals surface area (Å²) in [5, 5.41) is 13.7. The molecule has 1 aliphatic carbocycles. The molecule has 4 nitrogen and oxygen atoms in total. The highest BCUT2D eigenvalue weighted by molar-refractivity contribution is 6.06. The van der Waals surface area contributed by atoms with E-state index in [-0.39, 0.29) is 5.91 Å². The number of hydrogen-bond donors (Lipinski definition) is 2. The minimum atomic E-state index is -0.701. The highest BCUT2D eigenvalue weighted by Crippen LogP contribution is 2.30. The second-order valence-electron chi connectivity index (χ2n) is 5.59. The number of carbonyl (C=O) groups is 1. The zero-order valence-corrected chi connectivity index (χ0v) is 11.5. The Labute approximate surface area is 117 Å². The molecule has 0 bridgehead atoms. The highest BCUT2D eigenvalue weighted by Gasteiger charge is 2.34. The first kappa shape index (κ1) is 13.1. The van der Waals surface area contributed by atoms with Gasteiger partial charge in [-0.05, 0) is 38.3 Å². The molecular weight excluding hydrogens is 252 g/mol. The quantitative estimate of drug-likeness (QED) is 0.898. The van der Waals surface area contributed by atoms with Crippen molar-refractivity contribution < 1.29 is 9.90 Å². The van der Waals surface area contributed by atoms with Crippen LogP contribution in [0.2, 0.25) is 0 Å². The lowest BCUT2D eigenvalue weighted by Gasteiger charge is -2.36. The third-order valence-corrected chi connectivity index (χ3v) is 3.95. The van der Waals surface area contributed by atoms with E-state index in [2.05, 4.69) is 10.3 Å². The molecule has 2 aromatic rings. The summed E-state index contributed by atoms with van der Waals surface area (Å²) in [7, 11) is 0. The van der Waals surface area contributed by atoms with Gasteiger partial charge in [0.1, 0.15) is 0 Å². The van der Waals surface area contributed by atoms with Crippen LogP contribution in [0.1, 0.15) is 35.3 Å². The summed E-state index contributed by atoms with van der Waals surface area (Å²) in [5.74, 6) is -0.146. The van der Waals surface area contributed by atoms with Gasteiger partial charge < -0.3 is 10.4 Å². The first-order valence-electron chi connectivity index (χ1n) is 6.94. The topological polar surface area (TPSA) is 62.2 Å². The first-order valence-corrected chi connectivity index (χ1v) is 6.94. The van der Waals surface area contributed by atoms with Gasteiger partial charge in [-0.15, -0.1) is 0 Å². The third kappa shape index (κ3) is 2.39. The van der Waals surface area contributed by atoms with E-state index in [1.807, 2.05) is 31.2 Å². The number of para-hydroxylation sites is 1. The van der Waals surface area contributed by atoms with Crippen LogP contribution in [0.5, 0.6) is 0 Å². The number of fused-ring (bicyclic) bond motifs is 1. The largest absolute Gasteiger partial charge is 0.388 e. The number of nitrogens with one attached hydrogen (secondary N) is 1.